The Labute approximate surface area is 129 Å². The summed E-state index contributed by atoms with van der Waals surface area (Å²) in [6, 6.07) is 14.7. The summed E-state index contributed by atoms with van der Waals surface area (Å²) in [6.07, 6.45) is 2.08. The first-order valence-corrected chi connectivity index (χ1v) is 8.09. The Hall–Kier alpha value is -1.52. The lowest BCUT2D eigenvalue weighted by molar-refractivity contribution is 0.232. The van der Waals surface area contributed by atoms with Gasteiger partial charge < -0.3 is 4.74 Å². The maximum absolute atomic E-state index is 12.8. The fourth-order valence-electron chi connectivity index (χ4n) is 1.97. The maximum atomic E-state index is 12.8. The highest BCUT2D eigenvalue weighted by Gasteiger charge is 2.02. The number of benzene rings is 2. The van der Waals surface area contributed by atoms with Crippen LogP contribution in [-0.4, -0.2) is 31.4 Å². The molecular formula is C17H20FNOS. The average molecular weight is 305 g/mol. The third kappa shape index (κ3) is 5.40. The molecule has 21 heavy (non-hydrogen) atoms. The third-order valence-electron chi connectivity index (χ3n) is 3.17. The van der Waals surface area contributed by atoms with Gasteiger partial charge in [0.1, 0.15) is 18.2 Å². The van der Waals surface area contributed by atoms with Crippen molar-refractivity contribution in [2.24, 2.45) is 0 Å². The first-order chi connectivity index (χ1) is 10.2. The van der Waals surface area contributed by atoms with Crippen LogP contribution in [0.4, 0.5) is 4.39 Å². The zero-order chi connectivity index (χ0) is 15.1. The van der Waals surface area contributed by atoms with Gasteiger partial charge in [-0.25, -0.2) is 4.39 Å². The molecule has 0 fully saturated rings. The highest BCUT2D eigenvalue weighted by molar-refractivity contribution is 7.98. The van der Waals surface area contributed by atoms with Crippen LogP contribution >= 0.6 is 11.8 Å². The molecule has 112 valence electrons. The first-order valence-electron chi connectivity index (χ1n) is 6.87. The van der Waals surface area contributed by atoms with E-state index in [1.807, 2.05) is 0 Å². The van der Waals surface area contributed by atoms with Gasteiger partial charge in [-0.05, 0) is 55.3 Å². The molecule has 2 nitrogen and oxygen atoms in total. The zero-order valence-corrected chi connectivity index (χ0v) is 13.2. The molecule has 0 heterocycles. The standard InChI is InChI=1S/C17H20FNOS/c1-19(13-14-3-9-17(21-2)10-4-14)11-12-20-16-7-5-15(18)6-8-16/h3-10H,11-13H2,1-2H3. The third-order valence-corrected chi connectivity index (χ3v) is 3.91. The molecule has 2 aromatic carbocycles. The second kappa shape index (κ2) is 8.05. The summed E-state index contributed by atoms with van der Waals surface area (Å²) in [5.41, 5.74) is 1.29. The fraction of sp³-hybridized carbons (Fsp3) is 0.294. The SMILES string of the molecule is CSc1ccc(CN(C)CCOc2ccc(F)cc2)cc1. The zero-order valence-electron chi connectivity index (χ0n) is 12.4. The largest absolute Gasteiger partial charge is 0.492 e. The fourth-order valence-corrected chi connectivity index (χ4v) is 2.38. The van der Waals surface area contributed by atoms with Gasteiger partial charge in [0.25, 0.3) is 0 Å². The molecular weight excluding hydrogens is 285 g/mol. The summed E-state index contributed by atoms with van der Waals surface area (Å²) in [5, 5.41) is 0. The van der Waals surface area contributed by atoms with E-state index in [1.54, 1.807) is 23.9 Å². The van der Waals surface area contributed by atoms with Crippen molar-refractivity contribution < 1.29 is 9.13 Å². The lowest BCUT2D eigenvalue weighted by Crippen LogP contribution is -2.23. The minimum Gasteiger partial charge on any atom is -0.492 e. The Balaban J connectivity index is 1.73. The Morgan fingerprint density at radius 1 is 1.05 bits per heavy atom. The van der Waals surface area contributed by atoms with Gasteiger partial charge in [-0.2, -0.15) is 0 Å². The summed E-state index contributed by atoms with van der Waals surface area (Å²) >= 11 is 1.75. The molecule has 0 aromatic heterocycles. The van der Waals surface area contributed by atoms with Crippen LogP contribution < -0.4 is 4.74 Å². The van der Waals surface area contributed by atoms with Crippen LogP contribution in [0.5, 0.6) is 5.75 Å². The molecule has 0 N–H and O–H groups in total. The molecule has 0 radical (unpaired) electrons. The van der Waals surface area contributed by atoms with Crippen molar-refractivity contribution in [3.8, 4) is 5.75 Å². The van der Waals surface area contributed by atoms with E-state index in [9.17, 15) is 4.39 Å². The van der Waals surface area contributed by atoms with Gasteiger partial charge in [0, 0.05) is 18.0 Å². The van der Waals surface area contributed by atoms with Crippen molar-refractivity contribution in [2.45, 2.75) is 11.4 Å². The number of halogens is 1. The number of nitrogens with zero attached hydrogens (tertiary/aromatic N) is 1. The highest BCUT2D eigenvalue weighted by atomic mass is 32.2. The molecule has 0 atom stereocenters. The van der Waals surface area contributed by atoms with Crippen LogP contribution in [0.3, 0.4) is 0 Å². The van der Waals surface area contributed by atoms with Crippen LogP contribution in [0.25, 0.3) is 0 Å². The molecule has 2 rings (SSSR count). The first kappa shape index (κ1) is 15.9. The van der Waals surface area contributed by atoms with E-state index in [2.05, 4.69) is 42.5 Å². The van der Waals surface area contributed by atoms with Gasteiger partial charge in [0.05, 0.1) is 0 Å². The van der Waals surface area contributed by atoms with E-state index in [-0.39, 0.29) is 5.82 Å². The highest BCUT2D eigenvalue weighted by Crippen LogP contribution is 2.15. The summed E-state index contributed by atoms with van der Waals surface area (Å²) in [5.74, 6) is 0.460. The van der Waals surface area contributed by atoms with Gasteiger partial charge in [0.2, 0.25) is 0 Å². The predicted molar refractivity (Wildman–Crippen MR) is 86.5 cm³/mol. The normalized spacial score (nSPS) is 10.9. The number of hydrogen-bond donors (Lipinski definition) is 0. The Bertz CT molecular complexity index is 542. The molecule has 0 aliphatic carbocycles. The van der Waals surface area contributed by atoms with Crippen molar-refractivity contribution in [3.63, 3.8) is 0 Å². The van der Waals surface area contributed by atoms with Crippen molar-refractivity contribution in [1.82, 2.24) is 4.90 Å². The molecule has 2 aromatic rings. The minimum atomic E-state index is -0.242. The summed E-state index contributed by atoms with van der Waals surface area (Å²) < 4.78 is 18.4. The summed E-state index contributed by atoms with van der Waals surface area (Å²) in [7, 11) is 2.07. The Morgan fingerprint density at radius 3 is 2.33 bits per heavy atom. The van der Waals surface area contributed by atoms with Gasteiger partial charge >= 0.3 is 0 Å². The van der Waals surface area contributed by atoms with Crippen molar-refractivity contribution >= 4 is 11.8 Å². The van der Waals surface area contributed by atoms with E-state index in [0.29, 0.717) is 12.4 Å². The van der Waals surface area contributed by atoms with Gasteiger partial charge in [0.15, 0.2) is 0 Å². The molecule has 0 unspecified atom stereocenters. The monoisotopic (exact) mass is 305 g/mol. The molecule has 0 saturated carbocycles. The van der Waals surface area contributed by atoms with E-state index >= 15 is 0 Å². The van der Waals surface area contributed by atoms with Crippen LogP contribution in [-0.2, 0) is 6.54 Å². The molecule has 4 heteroatoms. The topological polar surface area (TPSA) is 12.5 Å². The molecule has 0 bridgehead atoms. The number of hydrogen-bond acceptors (Lipinski definition) is 3. The average Bonchev–Trinajstić information content (AvgIpc) is 2.50. The van der Waals surface area contributed by atoms with E-state index in [1.165, 1.54) is 22.6 Å². The van der Waals surface area contributed by atoms with E-state index in [0.717, 1.165) is 13.1 Å². The smallest absolute Gasteiger partial charge is 0.123 e. The number of likely N-dealkylation sites (N-methyl/N-ethyl adjacent to an activating group) is 1. The van der Waals surface area contributed by atoms with Crippen LogP contribution in [0.2, 0.25) is 0 Å². The van der Waals surface area contributed by atoms with Crippen molar-refractivity contribution in [2.75, 3.05) is 26.5 Å². The quantitative estimate of drug-likeness (QED) is 0.716. The van der Waals surface area contributed by atoms with Gasteiger partial charge in [-0.3, -0.25) is 4.90 Å². The van der Waals surface area contributed by atoms with Gasteiger partial charge in [-0.1, -0.05) is 12.1 Å². The van der Waals surface area contributed by atoms with E-state index < -0.39 is 0 Å². The number of ether oxygens (including phenoxy) is 1. The predicted octanol–water partition coefficient (Wildman–Crippen LogP) is 4.06. The van der Waals surface area contributed by atoms with Gasteiger partial charge in [-0.15, -0.1) is 11.8 Å². The summed E-state index contributed by atoms with van der Waals surface area (Å²) in [4.78, 5) is 3.48. The second-order valence-corrected chi connectivity index (χ2v) is 5.77. The van der Waals surface area contributed by atoms with Crippen LogP contribution in [0.1, 0.15) is 5.56 Å². The lowest BCUT2D eigenvalue weighted by atomic mass is 10.2. The minimum absolute atomic E-state index is 0.242. The molecule has 0 amide bonds. The Morgan fingerprint density at radius 2 is 1.71 bits per heavy atom. The lowest BCUT2D eigenvalue weighted by Gasteiger charge is -2.17. The molecule has 0 aliphatic heterocycles. The molecule has 0 aliphatic rings. The molecule has 0 spiro atoms. The van der Waals surface area contributed by atoms with E-state index in [4.69, 9.17) is 4.74 Å². The maximum Gasteiger partial charge on any atom is 0.123 e. The number of rotatable bonds is 7. The van der Waals surface area contributed by atoms with Crippen LogP contribution in [0, 0.1) is 5.82 Å². The number of thioether (sulfide) groups is 1. The summed E-state index contributed by atoms with van der Waals surface area (Å²) in [6.45, 7) is 2.30. The van der Waals surface area contributed by atoms with Crippen molar-refractivity contribution in [1.29, 1.82) is 0 Å². The second-order valence-electron chi connectivity index (χ2n) is 4.89. The van der Waals surface area contributed by atoms with Crippen molar-refractivity contribution in [3.05, 3.63) is 59.9 Å². The van der Waals surface area contributed by atoms with Crippen LogP contribution in [0.15, 0.2) is 53.4 Å². The molecule has 0 saturated heterocycles. The Kier molecular flexibility index (Phi) is 6.08.